The molecule has 0 aromatic heterocycles. The van der Waals surface area contributed by atoms with Crippen LogP contribution in [0.2, 0.25) is 0 Å². The summed E-state index contributed by atoms with van der Waals surface area (Å²) in [5.74, 6) is -0.803. The monoisotopic (exact) mass is 306 g/mol. The quantitative estimate of drug-likeness (QED) is 0.388. The van der Waals surface area contributed by atoms with Gasteiger partial charge in [0.05, 0.1) is 6.61 Å². The molecule has 1 atom stereocenters. The molecule has 0 heterocycles. The maximum atomic E-state index is 11.7. The summed E-state index contributed by atoms with van der Waals surface area (Å²) in [5.41, 5.74) is 1.19. The Morgan fingerprint density at radius 2 is 2.09 bits per heavy atom. The molecule has 0 fully saturated rings. The molecule has 4 heteroatoms. The second-order valence-corrected chi connectivity index (χ2v) is 5.38. The Balaban J connectivity index is 2.29. The zero-order valence-electron chi connectivity index (χ0n) is 13.5. The first-order chi connectivity index (χ1) is 10.6. The Kier molecular flexibility index (Phi) is 8.96. The van der Waals surface area contributed by atoms with Gasteiger partial charge in [0.15, 0.2) is 0 Å². The fourth-order valence-corrected chi connectivity index (χ4v) is 2.03. The van der Waals surface area contributed by atoms with Gasteiger partial charge >= 0.3 is 11.9 Å². The van der Waals surface area contributed by atoms with Crippen LogP contribution >= 0.6 is 0 Å². The number of allylic oxidation sites excluding steroid dienone is 3. The smallest absolute Gasteiger partial charge is 0.331 e. The molecule has 0 saturated carbocycles. The number of carbonyl (C=O) groups is 2. The van der Waals surface area contributed by atoms with Crippen LogP contribution in [0.3, 0.4) is 0 Å². The van der Waals surface area contributed by atoms with E-state index in [0.717, 1.165) is 25.7 Å². The first kappa shape index (κ1) is 18.2. The largest absolute Gasteiger partial charge is 0.463 e. The van der Waals surface area contributed by atoms with Crippen LogP contribution in [0.4, 0.5) is 0 Å². The van der Waals surface area contributed by atoms with Crippen molar-refractivity contribution in [3.8, 4) is 0 Å². The predicted octanol–water partition coefficient (Wildman–Crippen LogP) is 3.87. The van der Waals surface area contributed by atoms with Crippen LogP contribution in [-0.4, -0.2) is 24.6 Å². The average Bonchev–Trinajstić information content (AvgIpc) is 2.52. The topological polar surface area (TPSA) is 52.6 Å². The fourth-order valence-electron chi connectivity index (χ4n) is 2.03. The lowest BCUT2D eigenvalue weighted by Gasteiger charge is -2.09. The summed E-state index contributed by atoms with van der Waals surface area (Å²) >= 11 is 0. The van der Waals surface area contributed by atoms with E-state index in [1.807, 2.05) is 13.0 Å². The van der Waals surface area contributed by atoms with Gasteiger partial charge in [-0.3, -0.25) is 0 Å². The minimum Gasteiger partial charge on any atom is -0.463 e. The van der Waals surface area contributed by atoms with Crippen molar-refractivity contribution >= 4 is 11.9 Å². The van der Waals surface area contributed by atoms with Gasteiger partial charge in [0.2, 0.25) is 0 Å². The van der Waals surface area contributed by atoms with Gasteiger partial charge in [-0.2, -0.15) is 0 Å². The minimum atomic E-state index is -0.462. The zero-order valence-corrected chi connectivity index (χ0v) is 13.5. The number of ether oxygens (including phenoxy) is 2. The van der Waals surface area contributed by atoms with E-state index < -0.39 is 18.0 Å². The lowest BCUT2D eigenvalue weighted by Crippen LogP contribution is -2.11. The Morgan fingerprint density at radius 1 is 1.27 bits per heavy atom. The van der Waals surface area contributed by atoms with Crippen LogP contribution in [0.25, 0.3) is 0 Å². The Hall–Kier alpha value is -1.84. The molecule has 122 valence electrons. The summed E-state index contributed by atoms with van der Waals surface area (Å²) in [6, 6.07) is 0. The van der Waals surface area contributed by atoms with E-state index in [1.165, 1.54) is 36.6 Å². The number of hydrogen-bond acceptors (Lipinski definition) is 4. The third kappa shape index (κ3) is 8.45. The summed E-state index contributed by atoms with van der Waals surface area (Å²) in [6.07, 6.45) is 14.1. The number of esters is 2. The van der Waals surface area contributed by atoms with E-state index in [0.29, 0.717) is 6.61 Å². The molecule has 0 aromatic carbocycles. The molecule has 0 amide bonds. The van der Waals surface area contributed by atoms with Crippen molar-refractivity contribution in [2.24, 2.45) is 0 Å². The molecule has 0 saturated heterocycles. The zero-order chi connectivity index (χ0) is 16.2. The van der Waals surface area contributed by atoms with Crippen molar-refractivity contribution in [1.29, 1.82) is 0 Å². The Morgan fingerprint density at radius 3 is 2.77 bits per heavy atom. The van der Waals surface area contributed by atoms with Crippen LogP contribution in [0, 0.1) is 0 Å². The van der Waals surface area contributed by atoms with E-state index in [4.69, 9.17) is 9.47 Å². The van der Waals surface area contributed by atoms with Gasteiger partial charge in [0.25, 0.3) is 0 Å². The van der Waals surface area contributed by atoms with Gasteiger partial charge in [-0.25, -0.2) is 9.59 Å². The summed E-state index contributed by atoms with van der Waals surface area (Å²) < 4.78 is 10.1. The van der Waals surface area contributed by atoms with E-state index in [-0.39, 0.29) is 0 Å². The van der Waals surface area contributed by atoms with Crippen LogP contribution in [0.15, 0.2) is 36.0 Å². The molecule has 1 unspecified atom stereocenters. The maximum absolute atomic E-state index is 11.7. The Labute approximate surface area is 132 Å². The molecule has 1 aliphatic carbocycles. The van der Waals surface area contributed by atoms with Crippen molar-refractivity contribution in [2.75, 3.05) is 6.61 Å². The van der Waals surface area contributed by atoms with E-state index in [1.54, 1.807) is 6.92 Å². The van der Waals surface area contributed by atoms with E-state index >= 15 is 0 Å². The van der Waals surface area contributed by atoms with Gasteiger partial charge in [-0.1, -0.05) is 31.1 Å². The first-order valence-corrected chi connectivity index (χ1v) is 8.04. The van der Waals surface area contributed by atoms with E-state index in [2.05, 4.69) is 6.08 Å². The van der Waals surface area contributed by atoms with Crippen molar-refractivity contribution in [3.05, 3.63) is 36.0 Å². The summed E-state index contributed by atoms with van der Waals surface area (Å²) in [7, 11) is 0. The molecule has 4 nitrogen and oxygen atoms in total. The van der Waals surface area contributed by atoms with Gasteiger partial charge < -0.3 is 9.47 Å². The molecule has 0 aromatic rings. The maximum Gasteiger partial charge on any atom is 0.331 e. The molecule has 22 heavy (non-hydrogen) atoms. The molecular formula is C18H26O4. The van der Waals surface area contributed by atoms with Crippen molar-refractivity contribution in [2.45, 2.75) is 58.5 Å². The molecule has 1 rings (SSSR count). The fraction of sp³-hybridized carbons (Fsp3) is 0.556. The van der Waals surface area contributed by atoms with Crippen molar-refractivity contribution in [3.63, 3.8) is 0 Å². The highest BCUT2D eigenvalue weighted by Gasteiger charge is 2.06. The van der Waals surface area contributed by atoms with Crippen LogP contribution < -0.4 is 0 Å². The van der Waals surface area contributed by atoms with Gasteiger partial charge in [-0.05, 0) is 45.1 Å². The third-order valence-corrected chi connectivity index (χ3v) is 3.31. The molecular weight excluding hydrogens is 280 g/mol. The van der Waals surface area contributed by atoms with Crippen LogP contribution in [0.5, 0.6) is 0 Å². The second-order valence-electron chi connectivity index (χ2n) is 5.38. The standard InChI is InChI=1S/C18H26O4/c1-3-4-14-21-17(19)12-10-15(2)22-18(20)13-11-16-8-6-5-7-9-16/h8,10-13,15H,3-7,9,14H2,1-2H3/b12-10-,13-11+. The third-order valence-electron chi connectivity index (χ3n) is 3.31. The second kappa shape index (κ2) is 10.8. The molecule has 0 aliphatic heterocycles. The number of hydrogen-bond donors (Lipinski definition) is 0. The highest BCUT2D eigenvalue weighted by atomic mass is 16.5. The normalized spacial score (nSPS) is 16.5. The molecule has 0 N–H and O–H groups in total. The highest BCUT2D eigenvalue weighted by molar-refractivity contribution is 5.83. The van der Waals surface area contributed by atoms with Gasteiger partial charge in [-0.15, -0.1) is 0 Å². The van der Waals surface area contributed by atoms with Crippen LogP contribution in [0.1, 0.15) is 52.4 Å². The SMILES string of the molecule is CCCCOC(=O)/C=C\C(C)OC(=O)/C=C/C1=CCCCC1. The minimum absolute atomic E-state index is 0.400. The molecule has 0 bridgehead atoms. The van der Waals surface area contributed by atoms with Crippen molar-refractivity contribution < 1.29 is 19.1 Å². The molecule has 0 spiro atoms. The van der Waals surface area contributed by atoms with Crippen LogP contribution in [-0.2, 0) is 19.1 Å². The van der Waals surface area contributed by atoms with E-state index in [9.17, 15) is 9.59 Å². The average molecular weight is 306 g/mol. The Bertz CT molecular complexity index is 446. The van der Waals surface area contributed by atoms with Gasteiger partial charge in [0, 0.05) is 12.2 Å². The number of rotatable bonds is 8. The molecule has 0 radical (unpaired) electrons. The number of unbranched alkanes of at least 4 members (excludes halogenated alkanes) is 1. The van der Waals surface area contributed by atoms with Crippen molar-refractivity contribution in [1.82, 2.24) is 0 Å². The molecule has 1 aliphatic rings. The lowest BCUT2D eigenvalue weighted by atomic mass is 9.99. The first-order valence-electron chi connectivity index (χ1n) is 8.04. The predicted molar refractivity (Wildman–Crippen MR) is 86.3 cm³/mol. The summed E-state index contributed by atoms with van der Waals surface area (Å²) in [4.78, 5) is 23.0. The lowest BCUT2D eigenvalue weighted by molar-refractivity contribution is -0.141. The highest BCUT2D eigenvalue weighted by Crippen LogP contribution is 2.18. The van der Waals surface area contributed by atoms with Gasteiger partial charge in [0.1, 0.15) is 6.10 Å². The number of carbonyl (C=O) groups excluding carboxylic acids is 2. The summed E-state index contributed by atoms with van der Waals surface area (Å²) in [5, 5.41) is 0. The summed E-state index contributed by atoms with van der Waals surface area (Å²) in [6.45, 7) is 4.16.